The monoisotopic (exact) mass is 110 g/mol. The first kappa shape index (κ1) is 5.17. The van der Waals surface area contributed by atoms with Gasteiger partial charge in [0.15, 0.2) is 0 Å². The summed E-state index contributed by atoms with van der Waals surface area (Å²) in [4.78, 5) is 10.2. The highest BCUT2D eigenvalue weighted by atomic mass is 16.4. The molecule has 0 radical (unpaired) electrons. The van der Waals surface area contributed by atoms with Crippen molar-refractivity contribution >= 4 is 5.97 Å². The Bertz CT molecular complexity index is 160. The van der Waals surface area contributed by atoms with Crippen LogP contribution in [0.3, 0.4) is 0 Å². The van der Waals surface area contributed by atoms with Gasteiger partial charge in [0.25, 0.3) is 0 Å². The quantitative estimate of drug-likeness (QED) is 0.498. The molecule has 1 N–H and O–H groups in total. The van der Waals surface area contributed by atoms with E-state index in [1.165, 1.54) is 0 Å². The van der Waals surface area contributed by atoms with Gasteiger partial charge in [0.2, 0.25) is 0 Å². The molecule has 1 aliphatic carbocycles. The van der Waals surface area contributed by atoms with Crippen molar-refractivity contribution in [2.75, 3.05) is 0 Å². The Kier molecular flexibility index (Phi) is 0.811. The van der Waals surface area contributed by atoms with Gasteiger partial charge in [-0.3, -0.25) is 4.79 Å². The maximum atomic E-state index is 10.2. The van der Waals surface area contributed by atoms with E-state index in [0.29, 0.717) is 12.8 Å². The molecule has 1 fully saturated rings. The van der Waals surface area contributed by atoms with Crippen molar-refractivity contribution in [3.63, 3.8) is 0 Å². The van der Waals surface area contributed by atoms with Crippen molar-refractivity contribution in [3.8, 4) is 12.3 Å². The summed E-state index contributed by atoms with van der Waals surface area (Å²) < 4.78 is 0. The zero-order valence-electron chi connectivity index (χ0n) is 4.35. The van der Waals surface area contributed by atoms with Crippen molar-refractivity contribution in [1.29, 1.82) is 0 Å². The third kappa shape index (κ3) is 0.481. The summed E-state index contributed by atoms with van der Waals surface area (Å²) in [6, 6.07) is 0. The van der Waals surface area contributed by atoms with Crippen LogP contribution in [0.25, 0.3) is 0 Å². The number of terminal acetylenes is 1. The zero-order chi connectivity index (χ0) is 6.20. The van der Waals surface area contributed by atoms with Crippen LogP contribution >= 0.6 is 0 Å². The summed E-state index contributed by atoms with van der Waals surface area (Å²) in [6.07, 6.45) is 6.24. The molecule has 0 heterocycles. The second kappa shape index (κ2) is 1.25. The maximum absolute atomic E-state index is 10.2. The topological polar surface area (TPSA) is 37.3 Å². The molecule has 2 heteroatoms. The van der Waals surface area contributed by atoms with Gasteiger partial charge in [0.05, 0.1) is 0 Å². The fourth-order valence-electron chi connectivity index (χ4n) is 0.545. The van der Waals surface area contributed by atoms with E-state index in [-0.39, 0.29) is 0 Å². The van der Waals surface area contributed by atoms with Crippen LogP contribution in [0.5, 0.6) is 0 Å². The van der Waals surface area contributed by atoms with E-state index in [4.69, 9.17) is 11.5 Å². The Morgan fingerprint density at radius 2 is 2.25 bits per heavy atom. The fourth-order valence-corrected chi connectivity index (χ4v) is 0.545. The predicted octanol–water partition coefficient (Wildman–Crippen LogP) is 0.484. The highest BCUT2D eigenvalue weighted by Gasteiger charge is 2.48. The number of hydrogen-bond acceptors (Lipinski definition) is 1. The van der Waals surface area contributed by atoms with E-state index < -0.39 is 11.4 Å². The van der Waals surface area contributed by atoms with E-state index in [0.717, 1.165) is 0 Å². The Labute approximate surface area is 47.5 Å². The molecule has 0 aliphatic heterocycles. The number of rotatable bonds is 1. The van der Waals surface area contributed by atoms with Gasteiger partial charge in [-0.2, -0.15) is 0 Å². The van der Waals surface area contributed by atoms with Crippen molar-refractivity contribution < 1.29 is 9.90 Å². The standard InChI is InChI=1S/C6H6O2/c1-2-6(3-4-6)5(7)8/h1H,3-4H2,(H,7,8). The van der Waals surface area contributed by atoms with Crippen molar-refractivity contribution in [2.24, 2.45) is 5.41 Å². The van der Waals surface area contributed by atoms with Crippen LogP contribution in [0, 0.1) is 17.8 Å². The van der Waals surface area contributed by atoms with Gasteiger partial charge in [-0.05, 0) is 12.8 Å². The van der Waals surface area contributed by atoms with Gasteiger partial charge in [-0.25, -0.2) is 0 Å². The van der Waals surface area contributed by atoms with Crippen LogP contribution in [-0.4, -0.2) is 11.1 Å². The van der Waals surface area contributed by atoms with Gasteiger partial charge in [0.1, 0.15) is 5.41 Å². The van der Waals surface area contributed by atoms with E-state index in [9.17, 15) is 4.79 Å². The normalized spacial score (nSPS) is 21.4. The van der Waals surface area contributed by atoms with E-state index in [1.807, 2.05) is 0 Å². The van der Waals surface area contributed by atoms with Crippen molar-refractivity contribution in [1.82, 2.24) is 0 Å². The number of carbonyl (C=O) groups is 1. The Hall–Kier alpha value is -0.970. The molecule has 0 saturated heterocycles. The second-order valence-corrected chi connectivity index (χ2v) is 2.03. The number of aliphatic carboxylic acids is 1. The fraction of sp³-hybridized carbons (Fsp3) is 0.500. The molecule has 0 aromatic rings. The molecule has 1 saturated carbocycles. The smallest absolute Gasteiger partial charge is 0.321 e. The van der Waals surface area contributed by atoms with Gasteiger partial charge in [-0.1, -0.05) is 5.92 Å². The lowest BCUT2D eigenvalue weighted by Crippen LogP contribution is -2.11. The minimum absolute atomic E-state index is 0.652. The first-order chi connectivity index (χ1) is 3.71. The lowest BCUT2D eigenvalue weighted by molar-refractivity contribution is -0.140. The molecule has 0 bridgehead atoms. The lowest BCUT2D eigenvalue weighted by atomic mass is 10.1. The highest BCUT2D eigenvalue weighted by Crippen LogP contribution is 2.44. The summed E-state index contributed by atoms with van der Waals surface area (Å²) in [5.41, 5.74) is -0.764. The largest absolute Gasteiger partial charge is 0.480 e. The van der Waals surface area contributed by atoms with Crippen LogP contribution < -0.4 is 0 Å². The maximum Gasteiger partial charge on any atom is 0.321 e. The number of carboxylic acid groups (broad SMARTS) is 1. The average molecular weight is 110 g/mol. The molecular weight excluding hydrogens is 104 g/mol. The molecular formula is C6H6O2. The Morgan fingerprint density at radius 1 is 1.75 bits per heavy atom. The van der Waals surface area contributed by atoms with Gasteiger partial charge >= 0.3 is 5.97 Å². The highest BCUT2D eigenvalue weighted by molar-refractivity contribution is 5.81. The molecule has 0 amide bonds. The van der Waals surface area contributed by atoms with E-state index in [1.54, 1.807) is 0 Å². The Morgan fingerprint density at radius 3 is 2.25 bits per heavy atom. The van der Waals surface area contributed by atoms with E-state index >= 15 is 0 Å². The molecule has 0 unspecified atom stereocenters. The molecule has 1 rings (SSSR count). The average Bonchev–Trinajstić information content (AvgIpc) is 2.44. The molecule has 42 valence electrons. The third-order valence-corrected chi connectivity index (χ3v) is 1.44. The summed E-state index contributed by atoms with van der Waals surface area (Å²) in [5, 5.41) is 8.36. The van der Waals surface area contributed by atoms with Crippen LogP contribution in [0.2, 0.25) is 0 Å². The molecule has 1 aliphatic rings. The minimum atomic E-state index is -0.847. The molecule has 0 aromatic carbocycles. The van der Waals surface area contributed by atoms with Crippen LogP contribution in [-0.2, 0) is 4.79 Å². The van der Waals surface area contributed by atoms with E-state index in [2.05, 4.69) is 5.92 Å². The number of carboxylic acids is 1. The second-order valence-electron chi connectivity index (χ2n) is 2.03. The number of hydrogen-bond donors (Lipinski definition) is 1. The van der Waals surface area contributed by atoms with Gasteiger partial charge in [-0.15, -0.1) is 6.42 Å². The molecule has 2 nitrogen and oxygen atoms in total. The molecule has 0 aromatic heterocycles. The SMILES string of the molecule is C#CC1(C(=O)O)CC1. The van der Waals surface area contributed by atoms with Crippen molar-refractivity contribution in [3.05, 3.63) is 0 Å². The molecule has 8 heavy (non-hydrogen) atoms. The Balaban J connectivity index is 2.71. The molecule has 0 spiro atoms. The summed E-state index contributed by atoms with van der Waals surface area (Å²) in [7, 11) is 0. The summed E-state index contributed by atoms with van der Waals surface area (Å²) >= 11 is 0. The van der Waals surface area contributed by atoms with Crippen LogP contribution in [0.4, 0.5) is 0 Å². The van der Waals surface area contributed by atoms with Crippen LogP contribution in [0.1, 0.15) is 12.8 Å². The van der Waals surface area contributed by atoms with Gasteiger partial charge in [0, 0.05) is 0 Å². The first-order valence-electron chi connectivity index (χ1n) is 2.42. The predicted molar refractivity (Wildman–Crippen MR) is 28.1 cm³/mol. The minimum Gasteiger partial charge on any atom is -0.480 e. The first-order valence-corrected chi connectivity index (χ1v) is 2.42. The lowest BCUT2D eigenvalue weighted by Gasteiger charge is -1.94. The van der Waals surface area contributed by atoms with Crippen molar-refractivity contribution in [2.45, 2.75) is 12.8 Å². The van der Waals surface area contributed by atoms with Crippen LogP contribution in [0.15, 0.2) is 0 Å². The third-order valence-electron chi connectivity index (χ3n) is 1.44. The zero-order valence-corrected chi connectivity index (χ0v) is 4.35. The summed E-state index contributed by atoms with van der Waals surface area (Å²) in [5.74, 6) is 1.41. The molecule has 0 atom stereocenters. The van der Waals surface area contributed by atoms with Gasteiger partial charge < -0.3 is 5.11 Å². The summed E-state index contributed by atoms with van der Waals surface area (Å²) in [6.45, 7) is 0.